The summed E-state index contributed by atoms with van der Waals surface area (Å²) in [6, 6.07) is 0.563. The number of halogens is 2. The van der Waals surface area contributed by atoms with E-state index in [2.05, 4.69) is 4.98 Å². The summed E-state index contributed by atoms with van der Waals surface area (Å²) >= 11 is 0. The maximum absolute atomic E-state index is 15.2. The van der Waals surface area contributed by atoms with Gasteiger partial charge in [-0.2, -0.15) is 5.10 Å². The van der Waals surface area contributed by atoms with Gasteiger partial charge in [0.25, 0.3) is 0 Å². The number of piperidine rings is 2. The smallest absolute Gasteiger partial charge is 0.410 e. The van der Waals surface area contributed by atoms with E-state index in [0.29, 0.717) is 30.6 Å². The highest BCUT2D eigenvalue weighted by Crippen LogP contribution is 2.44. The molecule has 4 rings (SSSR count). The number of rotatable bonds is 3. The van der Waals surface area contributed by atoms with Gasteiger partial charge in [0.2, 0.25) is 0 Å². The monoisotopic (exact) mass is 605 g/mol. The SMILES string of the molecule is Cc1c(C2(O)CCN(C(=O)OC(C)(C)C)CC2)c(-c2ncc(F)cc2F)nn1C1CCN(C(=O)OC(C)(C)C)C(C)(C)C1. The van der Waals surface area contributed by atoms with Crippen molar-refractivity contribution in [3.63, 3.8) is 0 Å². The van der Waals surface area contributed by atoms with Gasteiger partial charge in [-0.15, -0.1) is 0 Å². The van der Waals surface area contributed by atoms with Gasteiger partial charge in [-0.25, -0.2) is 23.4 Å². The summed E-state index contributed by atoms with van der Waals surface area (Å²) < 4.78 is 41.9. The Balaban J connectivity index is 1.69. The third-order valence-corrected chi connectivity index (χ3v) is 8.00. The molecule has 2 aromatic rings. The lowest BCUT2D eigenvalue weighted by molar-refractivity contribution is -0.0357. The number of carbonyl (C=O) groups excluding carboxylic acids is 2. The predicted molar refractivity (Wildman–Crippen MR) is 156 cm³/mol. The molecule has 2 fully saturated rings. The molecule has 43 heavy (non-hydrogen) atoms. The van der Waals surface area contributed by atoms with Crippen molar-refractivity contribution in [1.29, 1.82) is 0 Å². The van der Waals surface area contributed by atoms with E-state index in [-0.39, 0.29) is 43.4 Å². The Kier molecular flexibility index (Phi) is 8.60. The van der Waals surface area contributed by atoms with E-state index < -0.39 is 46.2 Å². The van der Waals surface area contributed by atoms with E-state index in [4.69, 9.17) is 14.6 Å². The molecule has 12 heteroatoms. The van der Waals surface area contributed by atoms with Crippen LogP contribution in [-0.4, -0.2) is 78.2 Å². The maximum atomic E-state index is 15.2. The summed E-state index contributed by atoms with van der Waals surface area (Å²) in [5.74, 6) is -1.71. The minimum absolute atomic E-state index is 0.135. The van der Waals surface area contributed by atoms with Crippen molar-refractivity contribution in [3.8, 4) is 11.4 Å². The lowest BCUT2D eigenvalue weighted by atomic mass is 9.82. The van der Waals surface area contributed by atoms with Crippen LogP contribution in [0.3, 0.4) is 0 Å². The predicted octanol–water partition coefficient (Wildman–Crippen LogP) is 6.10. The Bertz CT molecular complexity index is 1370. The number of hydrogen-bond acceptors (Lipinski definition) is 7. The molecule has 0 aliphatic carbocycles. The molecule has 238 valence electrons. The molecule has 0 saturated carbocycles. The minimum Gasteiger partial charge on any atom is -0.444 e. The summed E-state index contributed by atoms with van der Waals surface area (Å²) in [7, 11) is 0. The van der Waals surface area contributed by atoms with Gasteiger partial charge in [0.05, 0.1) is 17.8 Å². The number of likely N-dealkylation sites (tertiary alicyclic amines) is 2. The summed E-state index contributed by atoms with van der Waals surface area (Å²) in [6.07, 6.45) is 1.47. The van der Waals surface area contributed by atoms with E-state index in [1.54, 1.807) is 35.3 Å². The van der Waals surface area contributed by atoms with Gasteiger partial charge < -0.3 is 24.4 Å². The van der Waals surface area contributed by atoms with Gasteiger partial charge in [-0.05, 0) is 88.0 Å². The molecule has 1 atom stereocenters. The fraction of sp³-hybridized carbons (Fsp3) is 0.677. The summed E-state index contributed by atoms with van der Waals surface area (Å²) in [6.45, 7) is 17.4. The van der Waals surface area contributed by atoms with E-state index in [9.17, 15) is 19.1 Å². The average molecular weight is 606 g/mol. The lowest BCUT2D eigenvalue weighted by Crippen LogP contribution is -2.54. The summed E-state index contributed by atoms with van der Waals surface area (Å²) in [4.78, 5) is 33.0. The van der Waals surface area contributed by atoms with E-state index in [1.165, 1.54) is 0 Å². The standard InChI is InChI=1S/C31H45F2N5O5/c1-19-23(31(41)11-14-36(15-12-31)26(39)42-28(2,3)4)25(24-22(33)16-20(32)18-34-24)35-38(19)21-10-13-37(30(8,9)17-21)27(40)43-29(5,6)7/h16,18,21,41H,10-15,17H2,1-9H3. The molecule has 2 aromatic heterocycles. The van der Waals surface area contributed by atoms with Crippen LogP contribution in [0.4, 0.5) is 18.4 Å². The Morgan fingerprint density at radius 1 is 0.977 bits per heavy atom. The van der Waals surface area contributed by atoms with Gasteiger partial charge >= 0.3 is 12.2 Å². The van der Waals surface area contributed by atoms with Crippen LogP contribution in [-0.2, 0) is 15.1 Å². The van der Waals surface area contributed by atoms with Gasteiger partial charge in [-0.1, -0.05) is 0 Å². The number of ether oxygens (including phenoxy) is 2. The summed E-state index contributed by atoms with van der Waals surface area (Å²) in [5, 5.41) is 16.9. The quantitative estimate of drug-likeness (QED) is 0.450. The van der Waals surface area contributed by atoms with Crippen molar-refractivity contribution in [2.24, 2.45) is 0 Å². The number of carbonyl (C=O) groups is 2. The highest BCUT2D eigenvalue weighted by molar-refractivity contribution is 5.70. The molecule has 1 N–H and O–H groups in total. The first-order valence-electron chi connectivity index (χ1n) is 14.8. The molecular formula is C31H45F2N5O5. The zero-order valence-electron chi connectivity index (χ0n) is 26.8. The zero-order chi connectivity index (χ0) is 32.1. The second kappa shape index (κ2) is 11.3. The van der Waals surface area contributed by atoms with Crippen LogP contribution in [0.5, 0.6) is 0 Å². The van der Waals surface area contributed by atoms with Crippen molar-refractivity contribution < 1.29 is 33.0 Å². The number of aromatic nitrogens is 3. The molecule has 0 spiro atoms. The van der Waals surface area contributed by atoms with Gasteiger partial charge in [0.15, 0.2) is 5.82 Å². The van der Waals surface area contributed by atoms with Crippen molar-refractivity contribution in [3.05, 3.63) is 35.2 Å². The van der Waals surface area contributed by atoms with Crippen LogP contribution in [0.25, 0.3) is 11.4 Å². The van der Waals surface area contributed by atoms with E-state index in [0.717, 1.165) is 12.3 Å². The first-order valence-corrected chi connectivity index (χ1v) is 14.8. The van der Waals surface area contributed by atoms with Gasteiger partial charge in [0, 0.05) is 42.5 Å². The molecular weight excluding hydrogens is 560 g/mol. The van der Waals surface area contributed by atoms with Gasteiger partial charge in [-0.3, -0.25) is 4.68 Å². The number of amides is 2. The highest BCUT2D eigenvalue weighted by atomic mass is 19.1. The Morgan fingerprint density at radius 3 is 2.09 bits per heavy atom. The molecule has 2 saturated heterocycles. The van der Waals surface area contributed by atoms with Crippen molar-refractivity contribution >= 4 is 12.2 Å². The van der Waals surface area contributed by atoms with Gasteiger partial charge in [0.1, 0.15) is 28.4 Å². The lowest BCUT2D eigenvalue weighted by Gasteiger charge is -2.45. The van der Waals surface area contributed by atoms with Crippen LogP contribution >= 0.6 is 0 Å². The Labute approximate surface area is 252 Å². The average Bonchev–Trinajstić information content (AvgIpc) is 3.19. The fourth-order valence-corrected chi connectivity index (χ4v) is 6.06. The van der Waals surface area contributed by atoms with Crippen molar-refractivity contribution in [1.82, 2.24) is 24.6 Å². The second-order valence-corrected chi connectivity index (χ2v) is 14.3. The van der Waals surface area contributed by atoms with Crippen molar-refractivity contribution in [2.75, 3.05) is 19.6 Å². The zero-order valence-corrected chi connectivity index (χ0v) is 26.8. The number of nitrogens with zero attached hydrogens (tertiary/aromatic N) is 5. The van der Waals surface area contributed by atoms with Crippen LogP contribution in [0.2, 0.25) is 0 Å². The second-order valence-electron chi connectivity index (χ2n) is 14.3. The molecule has 10 nitrogen and oxygen atoms in total. The number of hydrogen-bond donors (Lipinski definition) is 1. The molecule has 0 aromatic carbocycles. The normalized spacial score (nSPS) is 20.6. The first kappa shape index (κ1) is 32.6. The molecule has 2 aliphatic heterocycles. The van der Waals surface area contributed by atoms with E-state index in [1.807, 2.05) is 41.5 Å². The third-order valence-electron chi connectivity index (χ3n) is 8.00. The van der Waals surface area contributed by atoms with Crippen LogP contribution in [0.1, 0.15) is 98.4 Å². The third kappa shape index (κ3) is 7.11. The molecule has 1 unspecified atom stereocenters. The molecule has 0 bridgehead atoms. The highest BCUT2D eigenvalue weighted by Gasteiger charge is 2.45. The van der Waals surface area contributed by atoms with Crippen LogP contribution in [0.15, 0.2) is 12.3 Å². The van der Waals surface area contributed by atoms with Crippen molar-refractivity contribution in [2.45, 2.75) is 116 Å². The number of pyridine rings is 1. The topological polar surface area (TPSA) is 110 Å². The molecule has 2 amide bonds. The van der Waals surface area contributed by atoms with E-state index >= 15 is 4.39 Å². The molecule has 4 heterocycles. The molecule has 2 aliphatic rings. The largest absolute Gasteiger partial charge is 0.444 e. The first-order chi connectivity index (χ1) is 19.7. The Hall–Kier alpha value is -3.28. The number of aliphatic hydroxyl groups is 1. The Morgan fingerprint density at radius 2 is 1.56 bits per heavy atom. The fourth-order valence-electron chi connectivity index (χ4n) is 6.06. The molecule has 0 radical (unpaired) electrons. The van der Waals surface area contributed by atoms with Crippen LogP contribution < -0.4 is 0 Å². The summed E-state index contributed by atoms with van der Waals surface area (Å²) in [5.41, 5.74) is -2.32. The maximum Gasteiger partial charge on any atom is 0.410 e. The van der Waals surface area contributed by atoms with Crippen LogP contribution in [0, 0.1) is 18.6 Å². The minimum atomic E-state index is -1.45.